The normalized spacial score (nSPS) is 12.9. The number of nitrogens with one attached hydrogen (secondary N) is 2. The summed E-state index contributed by atoms with van der Waals surface area (Å²) < 4.78 is 10.8. The van der Waals surface area contributed by atoms with Crippen LogP contribution in [0.2, 0.25) is 0 Å². The fourth-order valence-electron chi connectivity index (χ4n) is 3.27. The molecule has 2 N–H and O–H groups in total. The Morgan fingerprint density at radius 1 is 1.19 bits per heavy atom. The summed E-state index contributed by atoms with van der Waals surface area (Å²) in [5, 5.41) is 10.7. The average Bonchev–Trinajstić information content (AvgIpc) is 3.24. The van der Waals surface area contributed by atoms with Crippen LogP contribution < -0.4 is 15.4 Å². The number of halogens is 1. The highest BCUT2D eigenvalue weighted by Crippen LogP contribution is 2.25. The van der Waals surface area contributed by atoms with Gasteiger partial charge in [0.25, 0.3) is 0 Å². The lowest BCUT2D eigenvalue weighted by Crippen LogP contribution is -2.38. The van der Waals surface area contributed by atoms with Crippen LogP contribution in [0.25, 0.3) is 0 Å². The summed E-state index contributed by atoms with van der Waals surface area (Å²) in [6.07, 6.45) is 3.95. The van der Waals surface area contributed by atoms with Gasteiger partial charge in [-0.15, -0.1) is 24.0 Å². The summed E-state index contributed by atoms with van der Waals surface area (Å²) in [7, 11) is 1.80. The van der Waals surface area contributed by atoms with Gasteiger partial charge in [-0.3, -0.25) is 4.99 Å². The van der Waals surface area contributed by atoms with Crippen LogP contribution >= 0.6 is 24.0 Å². The third kappa shape index (κ3) is 5.85. The van der Waals surface area contributed by atoms with Gasteiger partial charge in [-0.25, -0.2) is 0 Å². The number of aryl methyl sites for hydroxylation is 2. The van der Waals surface area contributed by atoms with Crippen LogP contribution in [0.15, 0.2) is 27.7 Å². The Kier molecular flexibility index (Phi) is 8.40. The van der Waals surface area contributed by atoms with Gasteiger partial charge >= 0.3 is 0 Å². The van der Waals surface area contributed by atoms with Gasteiger partial charge in [0.05, 0.1) is 12.3 Å². The Balaban J connectivity index is 0.00000261. The van der Waals surface area contributed by atoms with Crippen molar-refractivity contribution in [3.8, 4) is 5.75 Å². The lowest BCUT2D eigenvalue weighted by molar-refractivity contribution is 0.357. The number of guanidine groups is 1. The van der Waals surface area contributed by atoms with E-state index < -0.39 is 0 Å². The first-order chi connectivity index (χ1) is 12.7. The quantitative estimate of drug-likeness (QED) is 0.274. The highest BCUT2D eigenvalue weighted by molar-refractivity contribution is 14.0. The largest absolute Gasteiger partial charge is 0.493 e. The number of ether oxygens (including phenoxy) is 1. The number of fused-ring (bicyclic) bond motifs is 1. The summed E-state index contributed by atoms with van der Waals surface area (Å²) >= 11 is 0. The lowest BCUT2D eigenvalue weighted by Gasteiger charge is -2.12. The minimum Gasteiger partial charge on any atom is -0.493 e. The number of benzene rings is 1. The van der Waals surface area contributed by atoms with Gasteiger partial charge in [0.15, 0.2) is 5.96 Å². The van der Waals surface area contributed by atoms with Gasteiger partial charge in [0.1, 0.15) is 11.5 Å². The second-order valence-electron chi connectivity index (χ2n) is 6.62. The number of nitrogens with zero attached hydrogens (tertiary/aromatic N) is 2. The Labute approximate surface area is 178 Å². The van der Waals surface area contributed by atoms with E-state index in [1.807, 2.05) is 13.8 Å². The lowest BCUT2D eigenvalue weighted by atomic mass is 10.1. The van der Waals surface area contributed by atoms with Crippen molar-refractivity contribution in [1.82, 2.24) is 15.8 Å². The number of rotatable bonds is 7. The zero-order valence-corrected chi connectivity index (χ0v) is 18.6. The van der Waals surface area contributed by atoms with Crippen molar-refractivity contribution in [3.63, 3.8) is 0 Å². The van der Waals surface area contributed by atoms with E-state index in [0.717, 1.165) is 68.5 Å². The molecule has 0 saturated heterocycles. The molecule has 148 valence electrons. The molecule has 2 heterocycles. The van der Waals surface area contributed by atoms with Crippen molar-refractivity contribution >= 4 is 29.9 Å². The van der Waals surface area contributed by atoms with Crippen LogP contribution in [0.1, 0.15) is 34.6 Å². The molecule has 0 spiro atoms. The summed E-state index contributed by atoms with van der Waals surface area (Å²) in [6.45, 7) is 6.48. The van der Waals surface area contributed by atoms with E-state index >= 15 is 0 Å². The fourth-order valence-corrected chi connectivity index (χ4v) is 3.27. The third-order valence-corrected chi connectivity index (χ3v) is 4.76. The molecule has 1 aliphatic rings. The number of hydrogen-bond acceptors (Lipinski definition) is 4. The smallest absolute Gasteiger partial charge is 0.190 e. The summed E-state index contributed by atoms with van der Waals surface area (Å²) in [5.41, 5.74) is 4.86. The van der Waals surface area contributed by atoms with Crippen LogP contribution in [-0.2, 0) is 19.3 Å². The number of hydrogen-bond donors (Lipinski definition) is 2. The number of aromatic nitrogens is 1. The highest BCUT2D eigenvalue weighted by Gasteiger charge is 2.12. The minimum absolute atomic E-state index is 0. The van der Waals surface area contributed by atoms with Gasteiger partial charge in [-0.1, -0.05) is 17.3 Å². The fraction of sp³-hybridized carbons (Fsp3) is 0.500. The zero-order chi connectivity index (χ0) is 18.4. The van der Waals surface area contributed by atoms with E-state index in [1.165, 1.54) is 16.7 Å². The van der Waals surface area contributed by atoms with Crippen LogP contribution in [0, 0.1) is 13.8 Å². The van der Waals surface area contributed by atoms with Crippen molar-refractivity contribution in [1.29, 1.82) is 0 Å². The Hall–Kier alpha value is -1.77. The van der Waals surface area contributed by atoms with E-state index in [0.29, 0.717) is 0 Å². The third-order valence-electron chi connectivity index (χ3n) is 4.76. The molecule has 6 nitrogen and oxygen atoms in total. The van der Waals surface area contributed by atoms with Crippen LogP contribution in [-0.4, -0.2) is 37.9 Å². The first kappa shape index (κ1) is 21.5. The maximum absolute atomic E-state index is 5.56. The second kappa shape index (κ2) is 10.5. The predicted molar refractivity (Wildman–Crippen MR) is 118 cm³/mol. The van der Waals surface area contributed by atoms with Crippen LogP contribution in [0.4, 0.5) is 0 Å². The van der Waals surface area contributed by atoms with E-state index in [-0.39, 0.29) is 24.0 Å². The summed E-state index contributed by atoms with van der Waals surface area (Å²) in [6, 6.07) is 6.48. The van der Waals surface area contributed by atoms with Crippen molar-refractivity contribution in [2.75, 3.05) is 26.7 Å². The maximum Gasteiger partial charge on any atom is 0.190 e. The van der Waals surface area contributed by atoms with E-state index in [9.17, 15) is 0 Å². The molecule has 0 unspecified atom stereocenters. The van der Waals surface area contributed by atoms with Gasteiger partial charge in [0.2, 0.25) is 0 Å². The standard InChI is InChI=1S/C20H28N4O2.HI/c1-14-18(15(2)26-24-14)5-4-10-22-20(21-3)23-11-8-16-6-7-19-17(13-16)9-12-25-19;/h6-7,13H,4-5,8-12H2,1-3H3,(H2,21,22,23);1H. The van der Waals surface area contributed by atoms with E-state index in [1.54, 1.807) is 7.05 Å². The molecule has 1 aromatic heterocycles. The van der Waals surface area contributed by atoms with Crippen molar-refractivity contribution in [3.05, 3.63) is 46.3 Å². The monoisotopic (exact) mass is 484 g/mol. The number of aliphatic imine (C=N–C) groups is 1. The molecule has 0 fully saturated rings. The maximum atomic E-state index is 5.56. The molecular formula is C20H29IN4O2. The summed E-state index contributed by atoms with van der Waals surface area (Å²) in [4.78, 5) is 4.29. The van der Waals surface area contributed by atoms with Crippen LogP contribution in [0.5, 0.6) is 5.75 Å². The van der Waals surface area contributed by atoms with Gasteiger partial charge < -0.3 is 19.9 Å². The molecule has 0 bridgehead atoms. The van der Waals surface area contributed by atoms with E-state index in [4.69, 9.17) is 9.26 Å². The van der Waals surface area contributed by atoms with Crippen molar-refractivity contribution in [2.24, 2.45) is 4.99 Å². The Bertz CT molecular complexity index is 754. The highest BCUT2D eigenvalue weighted by atomic mass is 127. The molecule has 0 aliphatic carbocycles. The molecule has 27 heavy (non-hydrogen) atoms. The Morgan fingerprint density at radius 2 is 2.00 bits per heavy atom. The topological polar surface area (TPSA) is 71.7 Å². The molecule has 3 rings (SSSR count). The van der Waals surface area contributed by atoms with Gasteiger partial charge in [-0.05, 0) is 50.3 Å². The van der Waals surface area contributed by atoms with Crippen molar-refractivity contribution in [2.45, 2.75) is 39.5 Å². The second-order valence-corrected chi connectivity index (χ2v) is 6.62. The van der Waals surface area contributed by atoms with Gasteiger partial charge in [0, 0.05) is 32.1 Å². The first-order valence-electron chi connectivity index (χ1n) is 9.28. The molecule has 0 atom stereocenters. The van der Waals surface area contributed by atoms with E-state index in [2.05, 4.69) is 39.0 Å². The zero-order valence-electron chi connectivity index (χ0n) is 16.3. The Morgan fingerprint density at radius 3 is 2.74 bits per heavy atom. The first-order valence-corrected chi connectivity index (χ1v) is 9.28. The molecule has 2 aromatic rings. The van der Waals surface area contributed by atoms with Gasteiger partial charge in [-0.2, -0.15) is 0 Å². The molecule has 0 amide bonds. The SMILES string of the molecule is CN=C(NCCCc1c(C)noc1C)NCCc1ccc2c(c1)CCO2.I. The molecule has 1 aliphatic heterocycles. The minimum atomic E-state index is 0. The average molecular weight is 484 g/mol. The molecule has 1 aromatic carbocycles. The molecule has 7 heteroatoms. The van der Waals surface area contributed by atoms with Crippen molar-refractivity contribution < 1.29 is 9.26 Å². The molecule has 0 saturated carbocycles. The molecular weight excluding hydrogens is 455 g/mol. The van der Waals surface area contributed by atoms with Crippen LogP contribution in [0.3, 0.4) is 0 Å². The molecule has 0 radical (unpaired) electrons. The predicted octanol–water partition coefficient (Wildman–Crippen LogP) is 3.18. The summed E-state index contributed by atoms with van der Waals surface area (Å²) in [5.74, 6) is 2.80.